The number of aliphatic hydroxyl groups excluding tert-OH is 2. The van der Waals surface area contributed by atoms with Crippen LogP contribution in [-0.2, 0) is 5.41 Å². The van der Waals surface area contributed by atoms with Crippen LogP contribution in [0.3, 0.4) is 0 Å². The summed E-state index contributed by atoms with van der Waals surface area (Å²) < 4.78 is 11.9. The molecule has 0 unspecified atom stereocenters. The van der Waals surface area contributed by atoms with Crippen molar-refractivity contribution in [3.8, 4) is 56.0 Å². The van der Waals surface area contributed by atoms with E-state index in [0.717, 1.165) is 55.3 Å². The number of ether oxygens (including phenoxy) is 2. The van der Waals surface area contributed by atoms with E-state index in [0.29, 0.717) is 0 Å². The summed E-state index contributed by atoms with van der Waals surface area (Å²) in [6.07, 6.45) is 0. The van der Waals surface area contributed by atoms with Gasteiger partial charge in [0.05, 0.1) is 18.6 Å². The normalized spacial score (nSPS) is 13.2. The summed E-state index contributed by atoms with van der Waals surface area (Å²) >= 11 is 0. The number of aliphatic hydroxyl groups is 2. The summed E-state index contributed by atoms with van der Waals surface area (Å²) in [6.45, 7) is 0.436. The summed E-state index contributed by atoms with van der Waals surface area (Å²) in [4.78, 5) is 0. The molecule has 4 heteroatoms. The Morgan fingerprint density at radius 2 is 0.736 bits per heavy atom. The van der Waals surface area contributed by atoms with E-state index >= 15 is 0 Å². The largest absolute Gasteiger partial charge is 0.491 e. The number of rotatable bonds is 8. The van der Waals surface area contributed by atoms with E-state index in [-0.39, 0.29) is 26.4 Å². The van der Waals surface area contributed by atoms with Crippen molar-refractivity contribution >= 4 is 21.5 Å². The molecule has 256 valence electrons. The number of hydrogen-bond donors (Lipinski definition) is 2. The molecule has 8 aromatic rings. The van der Waals surface area contributed by atoms with Gasteiger partial charge in [0.25, 0.3) is 0 Å². The predicted molar refractivity (Wildman–Crippen MR) is 214 cm³/mol. The average molecular weight is 689 g/mol. The van der Waals surface area contributed by atoms with E-state index in [2.05, 4.69) is 133 Å². The Morgan fingerprint density at radius 3 is 1.19 bits per heavy atom. The molecule has 0 saturated heterocycles. The topological polar surface area (TPSA) is 58.9 Å². The zero-order valence-corrected chi connectivity index (χ0v) is 29.1. The summed E-state index contributed by atoms with van der Waals surface area (Å²) in [7, 11) is 0. The molecule has 2 N–H and O–H groups in total. The third-order valence-electron chi connectivity index (χ3n) is 11.2. The van der Waals surface area contributed by atoms with Gasteiger partial charge in [0.15, 0.2) is 0 Å². The van der Waals surface area contributed by atoms with E-state index in [1.54, 1.807) is 0 Å². The Morgan fingerprint density at radius 1 is 0.358 bits per heavy atom. The van der Waals surface area contributed by atoms with Crippen LogP contribution in [0.1, 0.15) is 22.3 Å². The fourth-order valence-electron chi connectivity index (χ4n) is 9.08. The smallest absolute Gasteiger partial charge is 0.127 e. The van der Waals surface area contributed by atoms with Crippen molar-refractivity contribution in [2.24, 2.45) is 0 Å². The molecule has 53 heavy (non-hydrogen) atoms. The van der Waals surface area contributed by atoms with Gasteiger partial charge in [-0.25, -0.2) is 0 Å². The zero-order chi connectivity index (χ0) is 35.5. The molecule has 0 fully saturated rings. The first-order chi connectivity index (χ1) is 26.2. The molecule has 1 spiro atoms. The lowest BCUT2D eigenvalue weighted by Gasteiger charge is -2.31. The second kappa shape index (κ2) is 12.5. The highest BCUT2D eigenvalue weighted by Crippen LogP contribution is 2.63. The SMILES string of the molecule is OCCOc1ccc(-c2ccc3c(c2)C2(c4ccccc4-3)c3ccccc3-c3ccc(-c4ccc(OCCO)c5ccccc45)cc32)c2ccccc12. The molecule has 2 aliphatic carbocycles. The number of benzene rings is 8. The zero-order valence-electron chi connectivity index (χ0n) is 29.1. The van der Waals surface area contributed by atoms with Gasteiger partial charge in [0.2, 0.25) is 0 Å². The van der Waals surface area contributed by atoms with Gasteiger partial charge >= 0.3 is 0 Å². The Labute approximate surface area is 308 Å². The van der Waals surface area contributed by atoms with E-state index in [1.807, 2.05) is 24.3 Å². The third kappa shape index (κ3) is 4.63. The molecule has 0 atom stereocenters. The molecule has 2 aliphatic rings. The molecule has 8 aromatic carbocycles. The molecule has 0 aromatic heterocycles. The van der Waals surface area contributed by atoms with Crippen LogP contribution in [0.25, 0.3) is 66.1 Å². The lowest BCUT2D eigenvalue weighted by molar-refractivity contribution is 0.203. The first-order valence-electron chi connectivity index (χ1n) is 18.2. The fraction of sp³-hybridized carbons (Fsp3) is 0.102. The van der Waals surface area contributed by atoms with Gasteiger partial charge in [0.1, 0.15) is 24.7 Å². The van der Waals surface area contributed by atoms with Crippen molar-refractivity contribution < 1.29 is 19.7 Å². The molecule has 0 radical (unpaired) electrons. The van der Waals surface area contributed by atoms with E-state index < -0.39 is 5.41 Å². The van der Waals surface area contributed by atoms with Gasteiger partial charge in [-0.1, -0.05) is 133 Å². The Balaban J connectivity index is 1.22. The Hall–Kier alpha value is -6.20. The van der Waals surface area contributed by atoms with Gasteiger partial charge in [-0.3, -0.25) is 0 Å². The van der Waals surface area contributed by atoms with Crippen LogP contribution < -0.4 is 9.47 Å². The van der Waals surface area contributed by atoms with Gasteiger partial charge < -0.3 is 19.7 Å². The highest BCUT2D eigenvalue weighted by atomic mass is 16.5. The van der Waals surface area contributed by atoms with Crippen LogP contribution in [0.4, 0.5) is 0 Å². The summed E-state index contributed by atoms with van der Waals surface area (Å²) in [6, 6.07) is 56.9. The van der Waals surface area contributed by atoms with Crippen LogP contribution in [0.2, 0.25) is 0 Å². The van der Waals surface area contributed by atoms with Crippen LogP contribution in [0.5, 0.6) is 11.5 Å². The van der Waals surface area contributed by atoms with Crippen molar-refractivity contribution in [1.29, 1.82) is 0 Å². The van der Waals surface area contributed by atoms with E-state index in [1.165, 1.54) is 44.5 Å². The average Bonchev–Trinajstić information content (AvgIpc) is 3.68. The predicted octanol–water partition coefficient (Wildman–Crippen LogP) is 10.4. The van der Waals surface area contributed by atoms with Crippen molar-refractivity contribution in [1.82, 2.24) is 0 Å². The molecular weight excluding hydrogens is 653 g/mol. The van der Waals surface area contributed by atoms with Crippen LogP contribution in [0.15, 0.2) is 158 Å². The maximum absolute atomic E-state index is 9.47. The molecule has 0 amide bonds. The number of hydrogen-bond acceptors (Lipinski definition) is 4. The third-order valence-corrected chi connectivity index (χ3v) is 11.2. The molecular formula is C49H36O4. The first kappa shape index (κ1) is 31.5. The summed E-state index contributed by atoms with van der Waals surface area (Å²) in [5, 5.41) is 23.2. The quantitative estimate of drug-likeness (QED) is 0.167. The summed E-state index contributed by atoms with van der Waals surface area (Å²) in [5.41, 5.74) is 14.2. The van der Waals surface area contributed by atoms with Gasteiger partial charge in [-0.2, -0.15) is 0 Å². The fourth-order valence-corrected chi connectivity index (χ4v) is 9.08. The maximum Gasteiger partial charge on any atom is 0.127 e. The second-order valence-electron chi connectivity index (χ2n) is 13.8. The molecule has 0 bridgehead atoms. The van der Waals surface area contributed by atoms with Crippen LogP contribution >= 0.6 is 0 Å². The van der Waals surface area contributed by atoms with Crippen molar-refractivity contribution in [2.75, 3.05) is 26.4 Å². The molecule has 4 nitrogen and oxygen atoms in total. The van der Waals surface area contributed by atoms with E-state index in [9.17, 15) is 10.2 Å². The van der Waals surface area contributed by atoms with Crippen LogP contribution in [0, 0.1) is 0 Å². The lowest BCUT2D eigenvalue weighted by Crippen LogP contribution is -2.26. The highest BCUT2D eigenvalue weighted by Gasteiger charge is 2.51. The standard InChI is InChI=1S/C49H36O4/c50-25-27-52-47-23-21-33(35-9-1-3-13-41(35)47)31-17-19-39-37-11-5-7-15-43(37)49(45(39)29-31)44-16-8-6-12-38(44)40-20-18-32(30-46(40)49)34-22-24-48(53-28-26-51)42-14-4-2-10-36(34)42/h1-24,29-30,50-51H,25-28H2. The molecule has 0 aliphatic heterocycles. The molecule has 0 heterocycles. The second-order valence-corrected chi connectivity index (χ2v) is 13.8. The minimum atomic E-state index is -0.524. The van der Waals surface area contributed by atoms with Gasteiger partial charge in [0, 0.05) is 10.8 Å². The minimum absolute atomic E-state index is 0.0330. The molecule has 0 saturated carbocycles. The summed E-state index contributed by atoms with van der Waals surface area (Å²) in [5.74, 6) is 1.55. The molecule has 10 rings (SSSR count). The highest BCUT2D eigenvalue weighted by molar-refractivity contribution is 6.04. The first-order valence-corrected chi connectivity index (χ1v) is 18.2. The Bertz CT molecular complexity index is 2540. The Kier molecular flexibility index (Phi) is 7.43. The van der Waals surface area contributed by atoms with Gasteiger partial charge in [-0.15, -0.1) is 0 Å². The maximum atomic E-state index is 9.47. The van der Waals surface area contributed by atoms with Crippen molar-refractivity contribution in [2.45, 2.75) is 5.41 Å². The van der Waals surface area contributed by atoms with Crippen LogP contribution in [-0.4, -0.2) is 36.6 Å². The minimum Gasteiger partial charge on any atom is -0.491 e. The van der Waals surface area contributed by atoms with Crippen molar-refractivity contribution in [3.63, 3.8) is 0 Å². The van der Waals surface area contributed by atoms with Crippen molar-refractivity contribution in [3.05, 3.63) is 180 Å². The van der Waals surface area contributed by atoms with E-state index in [4.69, 9.17) is 9.47 Å². The van der Waals surface area contributed by atoms with Gasteiger partial charge in [-0.05, 0) is 102 Å². The number of fused-ring (bicyclic) bond motifs is 12. The lowest BCUT2D eigenvalue weighted by atomic mass is 9.70. The monoisotopic (exact) mass is 688 g/mol.